The van der Waals surface area contributed by atoms with Gasteiger partial charge in [-0.3, -0.25) is 0 Å². The molecule has 0 radical (unpaired) electrons. The summed E-state index contributed by atoms with van der Waals surface area (Å²) in [7, 11) is 1.80. The Bertz CT molecular complexity index is 423. The largest absolute Gasteiger partial charge is 0.425 e. The molecular weight excluding hydrogens is 168 g/mol. The summed E-state index contributed by atoms with van der Waals surface area (Å²) in [6.07, 6.45) is 2.16. The smallest absolute Gasteiger partial charge is 0.252 e. The molecule has 5 heteroatoms. The van der Waals surface area contributed by atoms with Gasteiger partial charge in [0.05, 0.1) is 0 Å². The summed E-state index contributed by atoms with van der Waals surface area (Å²) in [4.78, 5) is 12.5. The Kier molecular flexibility index (Phi) is 1.84. The molecule has 0 fully saturated rings. The molecule has 0 bridgehead atoms. The number of fused-ring (bicyclic) bond motifs is 1. The summed E-state index contributed by atoms with van der Waals surface area (Å²) in [5.74, 6) is 1.48. The fourth-order valence-corrected chi connectivity index (χ4v) is 1.14. The maximum Gasteiger partial charge on any atom is 0.252 e. The normalized spacial score (nSPS) is 10.6. The zero-order valence-corrected chi connectivity index (χ0v) is 7.53. The van der Waals surface area contributed by atoms with E-state index in [2.05, 4.69) is 20.3 Å². The van der Waals surface area contributed by atoms with Crippen LogP contribution in [0.5, 0.6) is 0 Å². The highest BCUT2D eigenvalue weighted by atomic mass is 16.3. The molecule has 0 aliphatic carbocycles. The first-order valence-electron chi connectivity index (χ1n) is 4.13. The van der Waals surface area contributed by atoms with Crippen molar-refractivity contribution in [2.75, 3.05) is 12.4 Å². The molecule has 0 aliphatic heterocycles. The van der Waals surface area contributed by atoms with Gasteiger partial charge in [0.15, 0.2) is 17.7 Å². The van der Waals surface area contributed by atoms with Gasteiger partial charge in [-0.05, 0) is 0 Å². The third-order valence-corrected chi connectivity index (χ3v) is 1.80. The summed E-state index contributed by atoms with van der Waals surface area (Å²) in [5, 5.41) is 2.96. The fraction of sp³-hybridized carbons (Fsp3) is 0.375. The van der Waals surface area contributed by atoms with Crippen LogP contribution < -0.4 is 5.32 Å². The molecule has 5 nitrogen and oxygen atoms in total. The van der Waals surface area contributed by atoms with E-state index in [0.29, 0.717) is 11.2 Å². The molecule has 13 heavy (non-hydrogen) atoms. The van der Waals surface area contributed by atoms with Gasteiger partial charge in [0.2, 0.25) is 0 Å². The van der Waals surface area contributed by atoms with Crippen LogP contribution in [0.1, 0.15) is 12.7 Å². The van der Waals surface area contributed by atoms with Gasteiger partial charge in [0, 0.05) is 13.5 Å². The van der Waals surface area contributed by atoms with E-state index in [1.165, 1.54) is 6.39 Å². The number of rotatable bonds is 2. The lowest BCUT2D eigenvalue weighted by Gasteiger charge is -2.00. The van der Waals surface area contributed by atoms with Gasteiger partial charge in [-0.2, -0.15) is 4.98 Å². The minimum absolute atomic E-state index is 0.538. The maximum atomic E-state index is 5.10. The zero-order chi connectivity index (χ0) is 9.26. The van der Waals surface area contributed by atoms with Crippen LogP contribution in [0.4, 0.5) is 5.82 Å². The number of nitrogens with zero attached hydrogens (tertiary/aromatic N) is 3. The zero-order valence-electron chi connectivity index (χ0n) is 7.53. The fourth-order valence-electron chi connectivity index (χ4n) is 1.14. The molecule has 0 aliphatic rings. The van der Waals surface area contributed by atoms with Crippen LogP contribution in [0, 0.1) is 0 Å². The number of hydrogen-bond acceptors (Lipinski definition) is 5. The van der Waals surface area contributed by atoms with E-state index in [9.17, 15) is 0 Å². The Morgan fingerprint density at radius 2 is 2.31 bits per heavy atom. The van der Waals surface area contributed by atoms with E-state index < -0.39 is 0 Å². The van der Waals surface area contributed by atoms with E-state index in [-0.39, 0.29) is 0 Å². The van der Waals surface area contributed by atoms with E-state index in [4.69, 9.17) is 4.42 Å². The van der Waals surface area contributed by atoms with Gasteiger partial charge in [-0.15, -0.1) is 0 Å². The summed E-state index contributed by atoms with van der Waals surface area (Å²) in [6.45, 7) is 2.00. The molecule has 0 saturated carbocycles. The lowest BCUT2D eigenvalue weighted by Crippen LogP contribution is -1.99. The van der Waals surface area contributed by atoms with Crippen molar-refractivity contribution in [2.24, 2.45) is 0 Å². The van der Waals surface area contributed by atoms with E-state index in [0.717, 1.165) is 18.1 Å². The first-order valence-corrected chi connectivity index (χ1v) is 4.13. The molecule has 2 aromatic heterocycles. The van der Waals surface area contributed by atoms with Crippen LogP contribution >= 0.6 is 0 Å². The predicted molar refractivity (Wildman–Crippen MR) is 48.5 cm³/mol. The number of aryl methyl sites for hydroxylation is 1. The molecule has 68 valence electrons. The second-order valence-corrected chi connectivity index (χ2v) is 2.60. The van der Waals surface area contributed by atoms with Crippen LogP contribution in [0.25, 0.3) is 11.2 Å². The Morgan fingerprint density at radius 3 is 3.00 bits per heavy atom. The van der Waals surface area contributed by atoms with Gasteiger partial charge < -0.3 is 9.73 Å². The Labute approximate surface area is 75.2 Å². The monoisotopic (exact) mass is 178 g/mol. The Balaban J connectivity index is 2.70. The lowest BCUT2D eigenvalue weighted by atomic mass is 10.4. The van der Waals surface area contributed by atoms with Crippen LogP contribution in [0.3, 0.4) is 0 Å². The molecule has 1 N–H and O–H groups in total. The minimum Gasteiger partial charge on any atom is -0.425 e. The van der Waals surface area contributed by atoms with Crippen molar-refractivity contribution in [3.8, 4) is 0 Å². The SMILES string of the molecule is CCc1nc(NC)c2ncoc2n1. The number of aromatic nitrogens is 3. The van der Waals surface area contributed by atoms with Crippen molar-refractivity contribution in [2.45, 2.75) is 13.3 Å². The number of nitrogens with one attached hydrogen (secondary N) is 1. The highest BCUT2D eigenvalue weighted by molar-refractivity contribution is 5.80. The highest BCUT2D eigenvalue weighted by Crippen LogP contribution is 2.17. The molecule has 0 aromatic carbocycles. The third-order valence-electron chi connectivity index (χ3n) is 1.80. The number of anilines is 1. The first-order chi connectivity index (χ1) is 6.35. The number of oxazole rings is 1. The van der Waals surface area contributed by atoms with E-state index in [1.54, 1.807) is 7.05 Å². The van der Waals surface area contributed by atoms with Gasteiger partial charge in [0.1, 0.15) is 5.82 Å². The second kappa shape index (κ2) is 3.01. The minimum atomic E-state index is 0.538. The van der Waals surface area contributed by atoms with Crippen molar-refractivity contribution in [1.82, 2.24) is 15.0 Å². The summed E-state index contributed by atoms with van der Waals surface area (Å²) in [6, 6.07) is 0. The summed E-state index contributed by atoms with van der Waals surface area (Å²) >= 11 is 0. The van der Waals surface area contributed by atoms with Crippen molar-refractivity contribution >= 4 is 17.0 Å². The second-order valence-electron chi connectivity index (χ2n) is 2.60. The molecule has 0 spiro atoms. The molecule has 0 amide bonds. The Hall–Kier alpha value is -1.65. The van der Waals surface area contributed by atoms with Crippen LogP contribution in [-0.4, -0.2) is 22.0 Å². The molecule has 2 aromatic rings. The topological polar surface area (TPSA) is 63.8 Å². The maximum absolute atomic E-state index is 5.10. The van der Waals surface area contributed by atoms with E-state index >= 15 is 0 Å². The van der Waals surface area contributed by atoms with E-state index in [1.807, 2.05) is 6.92 Å². The molecule has 2 rings (SSSR count). The van der Waals surface area contributed by atoms with Crippen LogP contribution in [0.15, 0.2) is 10.8 Å². The average molecular weight is 178 g/mol. The standard InChI is InChI=1S/C8H10N4O/c1-3-5-11-7(9-2)6-8(12-5)13-4-10-6/h4H,3H2,1-2H3,(H,9,11,12). The quantitative estimate of drug-likeness (QED) is 0.749. The predicted octanol–water partition coefficient (Wildman–Crippen LogP) is 1.22. The van der Waals surface area contributed by atoms with Gasteiger partial charge >= 0.3 is 0 Å². The highest BCUT2D eigenvalue weighted by Gasteiger charge is 2.08. The Morgan fingerprint density at radius 1 is 1.46 bits per heavy atom. The van der Waals surface area contributed by atoms with Gasteiger partial charge in [-0.25, -0.2) is 9.97 Å². The molecular formula is C8H10N4O. The molecule has 0 unspecified atom stereocenters. The van der Waals surface area contributed by atoms with Crippen molar-refractivity contribution in [3.63, 3.8) is 0 Å². The molecule has 0 atom stereocenters. The first kappa shape index (κ1) is 7.97. The van der Waals surface area contributed by atoms with Gasteiger partial charge in [-0.1, -0.05) is 6.92 Å². The van der Waals surface area contributed by atoms with Crippen LogP contribution in [0.2, 0.25) is 0 Å². The third kappa shape index (κ3) is 1.22. The lowest BCUT2D eigenvalue weighted by molar-refractivity contribution is 0.588. The van der Waals surface area contributed by atoms with Crippen molar-refractivity contribution < 1.29 is 4.42 Å². The van der Waals surface area contributed by atoms with Gasteiger partial charge in [0.25, 0.3) is 5.71 Å². The molecule has 2 heterocycles. The van der Waals surface area contributed by atoms with Crippen molar-refractivity contribution in [3.05, 3.63) is 12.2 Å². The summed E-state index contributed by atoms with van der Waals surface area (Å²) < 4.78 is 5.10. The summed E-state index contributed by atoms with van der Waals surface area (Å²) in [5.41, 5.74) is 1.22. The average Bonchev–Trinajstić information content (AvgIpc) is 2.63. The molecule has 0 saturated heterocycles. The van der Waals surface area contributed by atoms with Crippen molar-refractivity contribution in [1.29, 1.82) is 0 Å². The van der Waals surface area contributed by atoms with Crippen LogP contribution in [-0.2, 0) is 6.42 Å². The number of hydrogen-bond donors (Lipinski definition) is 1.